The van der Waals surface area contributed by atoms with Gasteiger partial charge in [-0.25, -0.2) is 4.98 Å². The molecule has 1 aliphatic heterocycles. The summed E-state index contributed by atoms with van der Waals surface area (Å²) in [4.78, 5) is 30.9. The molecule has 1 fully saturated rings. The third kappa shape index (κ3) is 2.83. The van der Waals surface area contributed by atoms with Crippen molar-refractivity contribution >= 4 is 34.5 Å². The van der Waals surface area contributed by atoms with Gasteiger partial charge in [-0.15, -0.1) is 0 Å². The van der Waals surface area contributed by atoms with E-state index in [9.17, 15) is 9.59 Å². The number of benzene rings is 2. The van der Waals surface area contributed by atoms with Crippen LogP contribution in [0.25, 0.3) is 11.0 Å². The Bertz CT molecular complexity index is 992. The lowest BCUT2D eigenvalue weighted by Gasteiger charge is -2.16. The number of anilines is 2. The Hall–Kier alpha value is -3.15. The van der Waals surface area contributed by atoms with Gasteiger partial charge < -0.3 is 9.47 Å². The third-order valence-electron chi connectivity index (χ3n) is 4.69. The van der Waals surface area contributed by atoms with E-state index in [1.54, 1.807) is 23.1 Å². The monoisotopic (exact) mass is 348 g/mol. The zero-order valence-corrected chi connectivity index (χ0v) is 14.6. The van der Waals surface area contributed by atoms with Gasteiger partial charge in [0.05, 0.1) is 11.0 Å². The predicted octanol–water partition coefficient (Wildman–Crippen LogP) is 3.44. The van der Waals surface area contributed by atoms with Crippen molar-refractivity contribution in [1.82, 2.24) is 9.55 Å². The van der Waals surface area contributed by atoms with Crippen molar-refractivity contribution < 1.29 is 9.59 Å². The number of aromatic nitrogens is 2. The lowest BCUT2D eigenvalue weighted by Crippen LogP contribution is -2.24. The molecule has 6 nitrogen and oxygen atoms in total. The maximum absolute atomic E-state index is 12.7. The molecule has 0 aliphatic carbocycles. The molecule has 0 atom stereocenters. The normalized spacial score (nSPS) is 14.2. The summed E-state index contributed by atoms with van der Waals surface area (Å²) in [6.45, 7) is 3.43. The van der Waals surface area contributed by atoms with E-state index in [0.717, 1.165) is 23.1 Å². The van der Waals surface area contributed by atoms with Gasteiger partial charge in [0.15, 0.2) is 0 Å². The summed E-state index contributed by atoms with van der Waals surface area (Å²) in [7, 11) is 0. The first kappa shape index (κ1) is 16.3. The van der Waals surface area contributed by atoms with Gasteiger partial charge in [-0.05, 0) is 43.7 Å². The Morgan fingerprint density at radius 2 is 2.04 bits per heavy atom. The quantitative estimate of drug-likeness (QED) is 0.785. The molecule has 1 aliphatic rings. The average Bonchev–Trinajstić information content (AvgIpc) is 3.24. The molecule has 2 amide bonds. The summed E-state index contributed by atoms with van der Waals surface area (Å²) >= 11 is 0. The summed E-state index contributed by atoms with van der Waals surface area (Å²) in [6, 6.07) is 15.0. The van der Waals surface area contributed by atoms with Crippen LogP contribution in [0.2, 0.25) is 0 Å². The number of aryl methyl sites for hydroxylation is 1. The minimum Gasteiger partial charge on any atom is -0.312 e. The Kier molecular flexibility index (Phi) is 4.16. The molecule has 0 spiro atoms. The second kappa shape index (κ2) is 6.63. The molecule has 0 radical (unpaired) electrons. The SMILES string of the molecule is CCn1c(NC(=O)c2cccc(N3CCCC3=O)c2)nc2ccccc21. The van der Waals surface area contributed by atoms with Crippen molar-refractivity contribution in [1.29, 1.82) is 0 Å². The van der Waals surface area contributed by atoms with Crippen molar-refractivity contribution in [3.05, 3.63) is 54.1 Å². The molecule has 132 valence electrons. The number of carbonyl (C=O) groups excluding carboxylic acids is 2. The fourth-order valence-corrected chi connectivity index (χ4v) is 3.40. The van der Waals surface area contributed by atoms with Crippen LogP contribution in [-0.4, -0.2) is 27.9 Å². The van der Waals surface area contributed by atoms with Gasteiger partial charge in [0, 0.05) is 30.8 Å². The molecule has 0 saturated carbocycles. The molecule has 4 rings (SSSR count). The van der Waals surface area contributed by atoms with E-state index in [4.69, 9.17) is 0 Å². The second-order valence-corrected chi connectivity index (χ2v) is 6.32. The van der Waals surface area contributed by atoms with Crippen molar-refractivity contribution in [2.24, 2.45) is 0 Å². The first-order valence-corrected chi connectivity index (χ1v) is 8.84. The maximum Gasteiger partial charge on any atom is 0.258 e. The van der Waals surface area contributed by atoms with Crippen LogP contribution in [0.5, 0.6) is 0 Å². The van der Waals surface area contributed by atoms with Crippen molar-refractivity contribution in [3.63, 3.8) is 0 Å². The number of rotatable bonds is 4. The zero-order chi connectivity index (χ0) is 18.1. The molecule has 2 heterocycles. The van der Waals surface area contributed by atoms with Gasteiger partial charge in [-0.1, -0.05) is 18.2 Å². The highest BCUT2D eigenvalue weighted by Gasteiger charge is 2.22. The van der Waals surface area contributed by atoms with Gasteiger partial charge in [-0.3, -0.25) is 14.9 Å². The molecule has 1 saturated heterocycles. The predicted molar refractivity (Wildman–Crippen MR) is 101 cm³/mol. The van der Waals surface area contributed by atoms with Gasteiger partial charge in [0.2, 0.25) is 11.9 Å². The molecule has 0 unspecified atom stereocenters. The standard InChI is InChI=1S/C20H20N4O2/c1-2-23-17-10-4-3-9-16(17)21-20(23)22-19(26)14-7-5-8-15(13-14)24-12-6-11-18(24)25/h3-5,7-10,13H,2,6,11-12H2,1H3,(H,21,22,26). The van der Waals surface area contributed by atoms with Crippen LogP contribution in [0.4, 0.5) is 11.6 Å². The molecule has 1 N–H and O–H groups in total. The topological polar surface area (TPSA) is 67.2 Å². The molecular formula is C20H20N4O2. The fraction of sp³-hybridized carbons (Fsp3) is 0.250. The molecule has 0 bridgehead atoms. The number of hydrogen-bond donors (Lipinski definition) is 1. The van der Waals surface area contributed by atoms with Crippen LogP contribution < -0.4 is 10.2 Å². The summed E-state index contributed by atoms with van der Waals surface area (Å²) in [5, 5.41) is 2.91. The largest absolute Gasteiger partial charge is 0.312 e. The summed E-state index contributed by atoms with van der Waals surface area (Å²) in [5.74, 6) is 0.403. The Morgan fingerprint density at radius 1 is 1.19 bits per heavy atom. The number of hydrogen-bond acceptors (Lipinski definition) is 3. The lowest BCUT2D eigenvalue weighted by molar-refractivity contribution is -0.117. The fourth-order valence-electron chi connectivity index (χ4n) is 3.40. The molecule has 2 aromatic carbocycles. The van der Waals surface area contributed by atoms with Crippen molar-refractivity contribution in [2.45, 2.75) is 26.3 Å². The minimum atomic E-state index is -0.233. The number of para-hydroxylation sites is 2. The van der Waals surface area contributed by atoms with Crippen LogP contribution in [0.15, 0.2) is 48.5 Å². The molecule has 1 aromatic heterocycles. The zero-order valence-electron chi connectivity index (χ0n) is 14.6. The van der Waals surface area contributed by atoms with Gasteiger partial charge in [0.1, 0.15) is 0 Å². The Morgan fingerprint density at radius 3 is 2.81 bits per heavy atom. The number of nitrogens with zero attached hydrogens (tertiary/aromatic N) is 3. The third-order valence-corrected chi connectivity index (χ3v) is 4.69. The van der Waals surface area contributed by atoms with Crippen LogP contribution in [0.3, 0.4) is 0 Å². The first-order chi connectivity index (χ1) is 12.7. The number of nitrogens with one attached hydrogen (secondary N) is 1. The minimum absolute atomic E-state index is 0.107. The summed E-state index contributed by atoms with van der Waals surface area (Å²) in [6.07, 6.45) is 1.42. The summed E-state index contributed by atoms with van der Waals surface area (Å²) in [5.41, 5.74) is 3.11. The van der Waals surface area contributed by atoms with E-state index in [2.05, 4.69) is 10.3 Å². The van der Waals surface area contributed by atoms with E-state index in [0.29, 0.717) is 31.0 Å². The maximum atomic E-state index is 12.7. The van der Waals surface area contributed by atoms with Crippen LogP contribution in [0, 0.1) is 0 Å². The van der Waals surface area contributed by atoms with Gasteiger partial charge in [-0.2, -0.15) is 0 Å². The first-order valence-electron chi connectivity index (χ1n) is 8.84. The Labute approximate surface area is 151 Å². The molecule has 26 heavy (non-hydrogen) atoms. The second-order valence-electron chi connectivity index (χ2n) is 6.32. The molecular weight excluding hydrogens is 328 g/mol. The number of imidazole rings is 1. The van der Waals surface area contributed by atoms with Crippen molar-refractivity contribution in [2.75, 3.05) is 16.8 Å². The lowest BCUT2D eigenvalue weighted by atomic mass is 10.2. The highest BCUT2D eigenvalue weighted by molar-refractivity contribution is 6.05. The van der Waals surface area contributed by atoms with E-state index in [-0.39, 0.29) is 11.8 Å². The smallest absolute Gasteiger partial charge is 0.258 e. The number of amides is 2. The van der Waals surface area contributed by atoms with Gasteiger partial charge in [0.25, 0.3) is 5.91 Å². The molecule has 6 heteroatoms. The van der Waals surface area contributed by atoms with Crippen molar-refractivity contribution in [3.8, 4) is 0 Å². The van der Waals surface area contributed by atoms with Gasteiger partial charge >= 0.3 is 0 Å². The van der Waals surface area contributed by atoms with Crippen LogP contribution >= 0.6 is 0 Å². The van der Waals surface area contributed by atoms with E-state index >= 15 is 0 Å². The number of carbonyl (C=O) groups is 2. The highest BCUT2D eigenvalue weighted by Crippen LogP contribution is 2.24. The average molecular weight is 348 g/mol. The van der Waals surface area contributed by atoms with E-state index in [1.807, 2.05) is 41.8 Å². The summed E-state index contributed by atoms with van der Waals surface area (Å²) < 4.78 is 1.97. The highest BCUT2D eigenvalue weighted by atomic mass is 16.2. The van der Waals surface area contributed by atoms with E-state index in [1.165, 1.54) is 0 Å². The van der Waals surface area contributed by atoms with Crippen LogP contribution in [0.1, 0.15) is 30.1 Å². The number of fused-ring (bicyclic) bond motifs is 1. The Balaban J connectivity index is 1.62. The van der Waals surface area contributed by atoms with E-state index < -0.39 is 0 Å². The van der Waals surface area contributed by atoms with Crippen LogP contribution in [-0.2, 0) is 11.3 Å². The molecule has 3 aromatic rings.